The molecule has 0 spiro atoms. The number of hydrogen-bond acceptors (Lipinski definition) is 4. The van der Waals surface area contributed by atoms with Crippen molar-refractivity contribution in [3.05, 3.63) is 22.2 Å². The molecule has 1 aromatic rings. The lowest BCUT2D eigenvalue weighted by molar-refractivity contribution is -0.127. The summed E-state index contributed by atoms with van der Waals surface area (Å²) < 4.78 is 29.0. The van der Waals surface area contributed by atoms with Gasteiger partial charge in [0.1, 0.15) is 0 Å². The predicted octanol–water partition coefficient (Wildman–Crippen LogP) is 3.99. The zero-order chi connectivity index (χ0) is 23.6. The van der Waals surface area contributed by atoms with Crippen LogP contribution >= 0.6 is 15.9 Å². The fourth-order valence-corrected chi connectivity index (χ4v) is 7.82. The molecule has 2 fully saturated rings. The first-order valence-corrected chi connectivity index (χ1v) is 14.5. The second-order valence-electron chi connectivity index (χ2n) is 9.44. The molecular formula is C24H34BrN3O4S. The molecule has 182 valence electrons. The summed E-state index contributed by atoms with van der Waals surface area (Å²) in [4.78, 5) is 27.0. The largest absolute Gasteiger partial charge is 0.353 e. The van der Waals surface area contributed by atoms with Crippen LogP contribution in [0.3, 0.4) is 0 Å². The van der Waals surface area contributed by atoms with Crippen molar-refractivity contribution < 1.29 is 18.0 Å². The van der Waals surface area contributed by atoms with Crippen LogP contribution in [0.2, 0.25) is 0 Å². The van der Waals surface area contributed by atoms with Crippen LogP contribution in [0.5, 0.6) is 0 Å². The second kappa shape index (κ2) is 10.4. The van der Waals surface area contributed by atoms with Crippen molar-refractivity contribution in [1.82, 2.24) is 9.62 Å². The molecule has 0 atom stereocenters. The van der Waals surface area contributed by atoms with Gasteiger partial charge in [0, 0.05) is 48.2 Å². The molecule has 9 heteroatoms. The highest BCUT2D eigenvalue weighted by Crippen LogP contribution is 2.37. The summed E-state index contributed by atoms with van der Waals surface area (Å²) in [6.45, 7) is 3.05. The summed E-state index contributed by atoms with van der Waals surface area (Å²) in [6, 6.07) is 3.73. The monoisotopic (exact) mass is 539 g/mol. The van der Waals surface area contributed by atoms with Crippen molar-refractivity contribution in [2.24, 2.45) is 5.92 Å². The Kier molecular flexibility index (Phi) is 7.80. The minimum absolute atomic E-state index is 0.0000777. The molecule has 33 heavy (non-hydrogen) atoms. The number of sulfonamides is 1. The summed E-state index contributed by atoms with van der Waals surface area (Å²) in [5.74, 6) is -0.0628. The molecule has 2 aliphatic heterocycles. The first-order chi connectivity index (χ1) is 15.8. The van der Waals surface area contributed by atoms with E-state index < -0.39 is 10.0 Å². The van der Waals surface area contributed by atoms with E-state index >= 15 is 0 Å². The number of fused-ring (bicyclic) bond motifs is 1. The van der Waals surface area contributed by atoms with E-state index in [2.05, 4.69) is 21.2 Å². The zero-order valence-electron chi connectivity index (χ0n) is 19.3. The van der Waals surface area contributed by atoms with E-state index in [-0.39, 0.29) is 28.7 Å². The number of nitrogens with one attached hydrogen (secondary N) is 1. The van der Waals surface area contributed by atoms with Gasteiger partial charge in [-0.15, -0.1) is 0 Å². The molecule has 1 saturated heterocycles. The number of halogens is 1. The molecule has 7 nitrogen and oxygen atoms in total. The molecule has 3 aliphatic rings. The van der Waals surface area contributed by atoms with Crippen LogP contribution in [-0.2, 0) is 26.0 Å². The number of carbonyl (C=O) groups excluding carboxylic acids is 2. The highest BCUT2D eigenvalue weighted by molar-refractivity contribution is 9.10. The zero-order valence-corrected chi connectivity index (χ0v) is 21.7. The van der Waals surface area contributed by atoms with Gasteiger partial charge in [0.05, 0.1) is 4.90 Å². The summed E-state index contributed by atoms with van der Waals surface area (Å²) in [5.41, 5.74) is 1.68. The number of anilines is 1. The maximum absolute atomic E-state index is 13.5. The van der Waals surface area contributed by atoms with E-state index in [0.29, 0.717) is 49.1 Å². The van der Waals surface area contributed by atoms with Crippen molar-refractivity contribution >= 4 is 43.5 Å². The molecule has 1 aromatic carbocycles. The van der Waals surface area contributed by atoms with Gasteiger partial charge in [-0.25, -0.2) is 8.42 Å². The second-order valence-corrected chi connectivity index (χ2v) is 12.2. The molecule has 1 N–H and O–H groups in total. The average molecular weight is 541 g/mol. The highest BCUT2D eigenvalue weighted by Gasteiger charge is 2.35. The molecule has 0 aromatic heterocycles. The number of nitrogens with zero attached hydrogens (tertiary/aromatic N) is 2. The average Bonchev–Trinajstić information content (AvgIpc) is 3.04. The Balaban J connectivity index is 1.43. The minimum atomic E-state index is -3.73. The van der Waals surface area contributed by atoms with E-state index in [0.717, 1.165) is 24.8 Å². The molecule has 1 aliphatic carbocycles. The summed E-state index contributed by atoms with van der Waals surface area (Å²) in [5, 5.41) is 3.22. The van der Waals surface area contributed by atoms with E-state index in [1.807, 2.05) is 13.0 Å². The van der Waals surface area contributed by atoms with Gasteiger partial charge in [0.2, 0.25) is 21.8 Å². The molecule has 2 amide bonds. The number of hydrogen-bond donors (Lipinski definition) is 1. The third kappa shape index (κ3) is 5.30. The summed E-state index contributed by atoms with van der Waals surface area (Å²) in [6.07, 6.45) is 9.07. The van der Waals surface area contributed by atoms with Gasteiger partial charge in [0.15, 0.2) is 0 Å². The third-order valence-electron chi connectivity index (χ3n) is 7.28. The Bertz CT molecular complexity index is 997. The van der Waals surface area contributed by atoms with Gasteiger partial charge in [-0.3, -0.25) is 9.59 Å². The first kappa shape index (κ1) is 24.7. The Morgan fingerprint density at radius 3 is 2.33 bits per heavy atom. The fraction of sp³-hybridized carbons (Fsp3) is 0.667. The van der Waals surface area contributed by atoms with Gasteiger partial charge in [-0.1, -0.05) is 32.6 Å². The minimum Gasteiger partial charge on any atom is -0.353 e. The van der Waals surface area contributed by atoms with Crippen molar-refractivity contribution in [3.63, 3.8) is 0 Å². The lowest BCUT2D eigenvalue weighted by Gasteiger charge is -2.32. The SMILES string of the molecule is CCC(=O)N1CCc2cc(Br)c(S(=O)(=O)N3CCC(C(=O)NC4CCCCCC4)CC3)cc21. The van der Waals surface area contributed by atoms with Crippen molar-refractivity contribution in [2.75, 3.05) is 24.5 Å². The van der Waals surface area contributed by atoms with Gasteiger partial charge >= 0.3 is 0 Å². The number of rotatable bonds is 5. The summed E-state index contributed by atoms with van der Waals surface area (Å²) >= 11 is 3.45. The van der Waals surface area contributed by atoms with E-state index in [1.54, 1.807) is 11.0 Å². The Morgan fingerprint density at radius 1 is 1.03 bits per heavy atom. The molecule has 2 heterocycles. The van der Waals surface area contributed by atoms with Crippen LogP contribution in [0, 0.1) is 5.92 Å². The Morgan fingerprint density at radius 2 is 1.70 bits per heavy atom. The number of amides is 2. The quantitative estimate of drug-likeness (QED) is 0.573. The maximum atomic E-state index is 13.5. The van der Waals surface area contributed by atoms with Gasteiger partial charge in [-0.05, 0) is 65.7 Å². The first-order valence-electron chi connectivity index (χ1n) is 12.2. The fourth-order valence-electron chi connectivity index (χ4n) is 5.28. The maximum Gasteiger partial charge on any atom is 0.244 e. The smallest absolute Gasteiger partial charge is 0.244 e. The van der Waals surface area contributed by atoms with Crippen molar-refractivity contribution in [3.8, 4) is 0 Å². The van der Waals surface area contributed by atoms with Crippen molar-refractivity contribution in [2.45, 2.75) is 82.1 Å². The van der Waals surface area contributed by atoms with E-state index in [9.17, 15) is 18.0 Å². The van der Waals surface area contributed by atoms with Crippen LogP contribution in [0.25, 0.3) is 0 Å². The Labute approximate surface area is 205 Å². The topological polar surface area (TPSA) is 86.8 Å². The van der Waals surface area contributed by atoms with Crippen molar-refractivity contribution in [1.29, 1.82) is 0 Å². The van der Waals surface area contributed by atoms with Crippen LogP contribution in [0.1, 0.15) is 70.3 Å². The lowest BCUT2D eigenvalue weighted by atomic mass is 9.96. The van der Waals surface area contributed by atoms with Crippen LogP contribution in [-0.4, -0.2) is 50.2 Å². The number of piperidine rings is 1. The molecular weight excluding hydrogens is 506 g/mol. The van der Waals surface area contributed by atoms with Gasteiger partial charge in [-0.2, -0.15) is 4.31 Å². The van der Waals surface area contributed by atoms with E-state index in [4.69, 9.17) is 0 Å². The van der Waals surface area contributed by atoms with Crippen LogP contribution in [0.4, 0.5) is 5.69 Å². The molecule has 0 radical (unpaired) electrons. The Hall–Kier alpha value is -1.45. The molecule has 0 bridgehead atoms. The predicted molar refractivity (Wildman–Crippen MR) is 132 cm³/mol. The van der Waals surface area contributed by atoms with Gasteiger partial charge < -0.3 is 10.2 Å². The summed E-state index contributed by atoms with van der Waals surface area (Å²) in [7, 11) is -3.73. The highest BCUT2D eigenvalue weighted by atomic mass is 79.9. The normalized spacial score (nSPS) is 21.0. The van der Waals surface area contributed by atoms with Crippen LogP contribution < -0.4 is 10.2 Å². The molecule has 0 unspecified atom stereocenters. The van der Waals surface area contributed by atoms with Gasteiger partial charge in [0.25, 0.3) is 0 Å². The molecule has 4 rings (SSSR count). The number of carbonyl (C=O) groups is 2. The molecule has 1 saturated carbocycles. The number of benzene rings is 1. The lowest BCUT2D eigenvalue weighted by Crippen LogP contribution is -2.45. The standard InChI is InChI=1S/C24H34BrN3O4S/c1-2-23(29)28-14-11-18-15-20(25)22(16-21(18)28)33(31,32)27-12-9-17(10-13-27)24(30)26-19-7-5-3-4-6-8-19/h15-17,19H,2-14H2,1H3,(H,26,30). The third-order valence-corrected chi connectivity index (χ3v) is 10.1. The van der Waals surface area contributed by atoms with Crippen LogP contribution in [0.15, 0.2) is 21.5 Å². The van der Waals surface area contributed by atoms with E-state index in [1.165, 1.54) is 30.0 Å².